The molecule has 0 saturated carbocycles. The van der Waals surface area contributed by atoms with Gasteiger partial charge in [-0.1, -0.05) is 0 Å². The smallest absolute Gasteiger partial charge is 0.291 e. The van der Waals surface area contributed by atoms with Crippen molar-refractivity contribution in [3.63, 3.8) is 0 Å². The number of hydrogen-bond donors (Lipinski definition) is 2. The van der Waals surface area contributed by atoms with Crippen molar-refractivity contribution < 1.29 is 5.11 Å². The van der Waals surface area contributed by atoms with Crippen LogP contribution in [0.2, 0.25) is 0 Å². The number of nitrogens with one attached hydrogen (secondary N) is 1. The Labute approximate surface area is 47.4 Å². The predicted molar refractivity (Wildman–Crippen MR) is 29.3 cm³/mol. The Balaban J connectivity index is 2.84. The molecule has 0 saturated heterocycles. The molecular formula is C5H7N2O. The second-order valence-electron chi connectivity index (χ2n) is 1.48. The van der Waals surface area contributed by atoms with Crippen molar-refractivity contribution in [1.82, 2.24) is 9.97 Å². The van der Waals surface area contributed by atoms with Gasteiger partial charge in [0, 0.05) is 5.69 Å². The van der Waals surface area contributed by atoms with E-state index in [4.69, 9.17) is 5.11 Å². The van der Waals surface area contributed by atoms with Gasteiger partial charge in [0.05, 0.1) is 6.20 Å². The Morgan fingerprint density at radius 2 is 2.62 bits per heavy atom. The largest absolute Gasteiger partial charge is 0.480 e. The summed E-state index contributed by atoms with van der Waals surface area (Å²) in [5, 5.41) is 8.59. The van der Waals surface area contributed by atoms with Crippen molar-refractivity contribution >= 4 is 0 Å². The lowest BCUT2D eigenvalue weighted by Gasteiger charge is -1.81. The van der Waals surface area contributed by atoms with Crippen molar-refractivity contribution in [3.05, 3.63) is 18.8 Å². The van der Waals surface area contributed by atoms with Gasteiger partial charge in [-0.2, -0.15) is 0 Å². The number of H-pyrrole nitrogens is 1. The van der Waals surface area contributed by atoms with E-state index in [1.165, 1.54) is 0 Å². The normalized spacial score (nSPS) is 9.62. The van der Waals surface area contributed by atoms with Crippen molar-refractivity contribution in [2.24, 2.45) is 0 Å². The summed E-state index contributed by atoms with van der Waals surface area (Å²) in [5.41, 5.74) is 0.850. The van der Waals surface area contributed by atoms with Crippen LogP contribution in [0.15, 0.2) is 6.20 Å². The maximum absolute atomic E-state index is 8.59. The van der Waals surface area contributed by atoms with Gasteiger partial charge in [-0.3, -0.25) is 0 Å². The van der Waals surface area contributed by atoms with Crippen molar-refractivity contribution in [2.45, 2.75) is 6.42 Å². The fourth-order valence-corrected chi connectivity index (χ4v) is 0.474. The Morgan fingerprint density at radius 3 is 2.88 bits per heavy atom. The maximum Gasteiger partial charge on any atom is 0.291 e. The molecule has 0 unspecified atom stereocenters. The molecule has 1 radical (unpaired) electrons. The predicted octanol–water partition coefficient (Wildman–Crippen LogP) is 0.492. The summed E-state index contributed by atoms with van der Waals surface area (Å²) in [6.07, 6.45) is 2.19. The highest BCUT2D eigenvalue weighted by Crippen LogP contribution is 2.00. The van der Waals surface area contributed by atoms with Crippen LogP contribution in [0.4, 0.5) is 0 Å². The topological polar surface area (TPSA) is 48.9 Å². The molecule has 0 aliphatic rings. The van der Waals surface area contributed by atoms with Gasteiger partial charge in [-0.25, -0.2) is 4.98 Å². The van der Waals surface area contributed by atoms with Crippen LogP contribution >= 0.6 is 0 Å². The van der Waals surface area contributed by atoms with Crippen molar-refractivity contribution in [3.8, 4) is 6.01 Å². The van der Waals surface area contributed by atoms with Gasteiger partial charge in [-0.15, -0.1) is 0 Å². The van der Waals surface area contributed by atoms with E-state index in [1.54, 1.807) is 6.20 Å². The van der Waals surface area contributed by atoms with E-state index < -0.39 is 0 Å². The van der Waals surface area contributed by atoms with Crippen molar-refractivity contribution in [2.75, 3.05) is 0 Å². The van der Waals surface area contributed by atoms with E-state index in [-0.39, 0.29) is 6.01 Å². The number of aromatic nitrogens is 2. The molecule has 0 fully saturated rings. The second kappa shape index (κ2) is 1.86. The molecule has 1 heterocycles. The van der Waals surface area contributed by atoms with Crippen LogP contribution in [-0.4, -0.2) is 15.1 Å². The number of hydrogen-bond acceptors (Lipinski definition) is 2. The lowest BCUT2D eigenvalue weighted by Crippen LogP contribution is -1.75. The molecule has 0 aliphatic carbocycles. The van der Waals surface area contributed by atoms with Crippen molar-refractivity contribution in [1.29, 1.82) is 0 Å². The van der Waals surface area contributed by atoms with E-state index in [9.17, 15) is 0 Å². The Morgan fingerprint density at radius 1 is 1.88 bits per heavy atom. The van der Waals surface area contributed by atoms with Crippen LogP contribution in [-0.2, 0) is 6.42 Å². The molecule has 0 atom stereocenters. The molecule has 3 heteroatoms. The summed E-state index contributed by atoms with van der Waals surface area (Å²) >= 11 is 0. The summed E-state index contributed by atoms with van der Waals surface area (Å²) in [5.74, 6) is 0. The highest BCUT2D eigenvalue weighted by atomic mass is 16.3. The number of aromatic hydroxyl groups is 1. The molecule has 43 valence electrons. The van der Waals surface area contributed by atoms with Gasteiger partial charge in [-0.05, 0) is 13.3 Å². The molecule has 0 aliphatic heterocycles. The zero-order valence-corrected chi connectivity index (χ0v) is 4.39. The first-order valence-electron chi connectivity index (χ1n) is 2.35. The lowest BCUT2D eigenvalue weighted by molar-refractivity contribution is 0.436. The van der Waals surface area contributed by atoms with Crippen LogP contribution in [0.25, 0.3) is 0 Å². The Hall–Kier alpha value is -0.990. The molecule has 0 spiro atoms. The van der Waals surface area contributed by atoms with Crippen LogP contribution in [0.5, 0.6) is 6.01 Å². The highest BCUT2D eigenvalue weighted by Gasteiger charge is 1.91. The van der Waals surface area contributed by atoms with E-state index >= 15 is 0 Å². The monoisotopic (exact) mass is 111 g/mol. The molecular weight excluding hydrogens is 104 g/mol. The minimum Gasteiger partial charge on any atom is -0.480 e. The zero-order valence-electron chi connectivity index (χ0n) is 4.39. The third-order valence-electron chi connectivity index (χ3n) is 0.884. The maximum atomic E-state index is 8.59. The molecule has 1 rings (SSSR count). The van der Waals surface area contributed by atoms with E-state index in [2.05, 4.69) is 16.9 Å². The third kappa shape index (κ3) is 0.804. The van der Waals surface area contributed by atoms with Gasteiger partial charge in [0.1, 0.15) is 0 Å². The molecule has 0 bridgehead atoms. The second-order valence-corrected chi connectivity index (χ2v) is 1.48. The van der Waals surface area contributed by atoms with Gasteiger partial charge in [0.25, 0.3) is 6.01 Å². The van der Waals surface area contributed by atoms with E-state index in [1.807, 2.05) is 0 Å². The Bertz CT molecular complexity index is 171. The fourth-order valence-electron chi connectivity index (χ4n) is 0.474. The van der Waals surface area contributed by atoms with E-state index in [0.29, 0.717) is 6.42 Å². The molecule has 1 aromatic rings. The first-order valence-corrected chi connectivity index (χ1v) is 2.35. The molecule has 1 aromatic heterocycles. The standard InChI is InChI=1S/C5H7N2O/c1-2-4-3-6-5(8)7-4/h3H,1-2H2,(H2,6,7,8). The minimum atomic E-state index is -0.0383. The first-order chi connectivity index (χ1) is 3.83. The SMILES string of the molecule is [CH2]Cc1cnc(O)[nH]1. The molecule has 8 heavy (non-hydrogen) atoms. The van der Waals surface area contributed by atoms with Crippen LogP contribution in [0.1, 0.15) is 5.69 Å². The minimum absolute atomic E-state index is 0.0383. The van der Waals surface area contributed by atoms with Gasteiger partial charge < -0.3 is 10.1 Å². The quantitative estimate of drug-likeness (QED) is 0.554. The number of rotatable bonds is 1. The molecule has 0 aromatic carbocycles. The summed E-state index contributed by atoms with van der Waals surface area (Å²) in [4.78, 5) is 6.16. The average molecular weight is 111 g/mol. The van der Waals surface area contributed by atoms with Crippen LogP contribution in [0, 0.1) is 6.92 Å². The highest BCUT2D eigenvalue weighted by molar-refractivity contribution is 5.03. The van der Waals surface area contributed by atoms with Gasteiger partial charge in [0.2, 0.25) is 0 Å². The summed E-state index contributed by atoms with van der Waals surface area (Å²) < 4.78 is 0. The number of nitrogens with zero attached hydrogens (tertiary/aromatic N) is 1. The number of aromatic amines is 1. The van der Waals surface area contributed by atoms with Crippen LogP contribution < -0.4 is 0 Å². The Kier molecular flexibility index (Phi) is 1.20. The number of imidazole rings is 1. The molecule has 2 N–H and O–H groups in total. The van der Waals surface area contributed by atoms with Crippen LogP contribution in [0.3, 0.4) is 0 Å². The average Bonchev–Trinajstić information content (AvgIpc) is 2.14. The van der Waals surface area contributed by atoms with Gasteiger partial charge in [0.15, 0.2) is 0 Å². The third-order valence-corrected chi connectivity index (χ3v) is 0.884. The lowest BCUT2D eigenvalue weighted by atomic mass is 10.4. The fraction of sp³-hybridized carbons (Fsp3) is 0.200. The summed E-state index contributed by atoms with van der Waals surface area (Å²) in [6.45, 7) is 3.59. The zero-order chi connectivity index (χ0) is 5.98. The first kappa shape index (κ1) is 5.15. The van der Waals surface area contributed by atoms with Gasteiger partial charge >= 0.3 is 0 Å². The molecule has 0 amide bonds. The summed E-state index contributed by atoms with van der Waals surface area (Å²) in [6, 6.07) is -0.0383. The molecule has 3 nitrogen and oxygen atoms in total. The summed E-state index contributed by atoms with van der Waals surface area (Å²) in [7, 11) is 0. The van der Waals surface area contributed by atoms with E-state index in [0.717, 1.165) is 5.69 Å².